The van der Waals surface area contributed by atoms with Crippen molar-refractivity contribution >= 4 is 45.6 Å². The number of carbonyl (C=O) groups is 2. The maximum atomic E-state index is 11.9. The van der Waals surface area contributed by atoms with E-state index in [1.165, 1.54) is 22.1 Å². The highest BCUT2D eigenvalue weighted by Gasteiger charge is 2.49. The summed E-state index contributed by atoms with van der Waals surface area (Å²) in [5.41, 5.74) is 0.585. The van der Waals surface area contributed by atoms with Crippen LogP contribution in [0.2, 0.25) is 0 Å². The largest absolute Gasteiger partial charge is 0.477 e. The minimum absolute atomic E-state index is 0.0350. The quantitative estimate of drug-likeness (QED) is 0.666. The first-order chi connectivity index (χ1) is 8.58. The summed E-state index contributed by atoms with van der Waals surface area (Å²) in [6.45, 7) is 0. The first-order valence-corrected chi connectivity index (χ1v) is 6.71. The van der Waals surface area contributed by atoms with E-state index in [2.05, 4.69) is 15.9 Å². The van der Waals surface area contributed by atoms with Gasteiger partial charge in [-0.05, 0) is 34.1 Å². The number of hydrogen-bond acceptors (Lipinski definition) is 4. The lowest BCUT2D eigenvalue weighted by Gasteiger charge is -2.36. The molecule has 3 rings (SSSR count). The monoisotopic (exact) mass is 327 g/mol. The SMILES string of the molecule is O=C(O)C1=CS[C@H]2/C(=C\c3ccc(Br)o3)C(=O)N12. The van der Waals surface area contributed by atoms with Gasteiger partial charge in [-0.25, -0.2) is 4.79 Å². The van der Waals surface area contributed by atoms with Gasteiger partial charge in [-0.2, -0.15) is 0 Å². The van der Waals surface area contributed by atoms with Crippen LogP contribution in [0.3, 0.4) is 0 Å². The van der Waals surface area contributed by atoms with E-state index in [-0.39, 0.29) is 17.0 Å². The molecule has 0 aromatic carbocycles. The Morgan fingerprint density at radius 1 is 1.56 bits per heavy atom. The van der Waals surface area contributed by atoms with Gasteiger partial charge in [-0.1, -0.05) is 0 Å². The van der Waals surface area contributed by atoms with Gasteiger partial charge in [0.15, 0.2) is 4.67 Å². The van der Waals surface area contributed by atoms with E-state index in [1.54, 1.807) is 18.2 Å². The molecular formula is C11H6BrNO4S. The van der Waals surface area contributed by atoms with Gasteiger partial charge in [0, 0.05) is 5.41 Å². The van der Waals surface area contributed by atoms with E-state index in [9.17, 15) is 9.59 Å². The lowest BCUT2D eigenvalue weighted by atomic mass is 10.0. The molecule has 5 nitrogen and oxygen atoms in total. The van der Waals surface area contributed by atoms with Gasteiger partial charge in [0.1, 0.15) is 16.8 Å². The van der Waals surface area contributed by atoms with Crippen molar-refractivity contribution in [1.29, 1.82) is 0 Å². The van der Waals surface area contributed by atoms with Crippen molar-refractivity contribution < 1.29 is 19.1 Å². The maximum absolute atomic E-state index is 11.9. The lowest BCUT2D eigenvalue weighted by molar-refractivity contribution is -0.141. The third kappa shape index (κ3) is 1.62. The molecule has 1 aromatic rings. The molecule has 3 heterocycles. The Hall–Kier alpha value is -1.47. The van der Waals surface area contributed by atoms with Crippen molar-refractivity contribution in [3.05, 3.63) is 39.2 Å². The van der Waals surface area contributed by atoms with E-state index in [4.69, 9.17) is 9.52 Å². The van der Waals surface area contributed by atoms with Gasteiger partial charge < -0.3 is 9.52 Å². The van der Waals surface area contributed by atoms with E-state index in [0.717, 1.165) is 0 Å². The number of nitrogens with zero attached hydrogens (tertiary/aromatic N) is 1. The Morgan fingerprint density at radius 3 is 2.94 bits per heavy atom. The van der Waals surface area contributed by atoms with Crippen LogP contribution in [-0.2, 0) is 9.59 Å². The van der Waals surface area contributed by atoms with E-state index in [0.29, 0.717) is 16.0 Å². The number of amides is 1. The van der Waals surface area contributed by atoms with E-state index in [1.807, 2.05) is 0 Å². The molecule has 2 aliphatic rings. The molecule has 1 saturated heterocycles. The number of carboxylic acid groups (broad SMARTS) is 1. The first-order valence-electron chi connectivity index (χ1n) is 4.97. The molecule has 0 unspecified atom stereocenters. The molecule has 2 aliphatic heterocycles. The zero-order valence-corrected chi connectivity index (χ0v) is 11.2. The van der Waals surface area contributed by atoms with Crippen molar-refractivity contribution in [2.45, 2.75) is 5.37 Å². The molecule has 0 spiro atoms. The summed E-state index contributed by atoms with van der Waals surface area (Å²) in [5, 5.41) is 10.2. The summed E-state index contributed by atoms with van der Waals surface area (Å²) in [4.78, 5) is 24.0. The lowest BCUT2D eigenvalue weighted by Crippen LogP contribution is -2.51. The Kier molecular flexibility index (Phi) is 2.60. The molecular weight excluding hydrogens is 322 g/mol. The van der Waals surface area contributed by atoms with Crippen molar-refractivity contribution in [3.8, 4) is 0 Å². The molecule has 1 fully saturated rings. The highest BCUT2D eigenvalue weighted by atomic mass is 79.9. The molecule has 0 bridgehead atoms. The summed E-state index contributed by atoms with van der Waals surface area (Å²) >= 11 is 4.48. The molecule has 18 heavy (non-hydrogen) atoms. The number of hydrogen-bond donors (Lipinski definition) is 1. The second-order valence-electron chi connectivity index (χ2n) is 3.71. The Balaban J connectivity index is 1.86. The number of aliphatic carboxylic acids is 1. The minimum Gasteiger partial charge on any atom is -0.477 e. The Morgan fingerprint density at radius 2 is 2.33 bits per heavy atom. The predicted molar refractivity (Wildman–Crippen MR) is 68.3 cm³/mol. The number of halogens is 1. The fourth-order valence-corrected chi connectivity index (χ4v) is 3.26. The van der Waals surface area contributed by atoms with Gasteiger partial charge in [-0.15, -0.1) is 11.8 Å². The maximum Gasteiger partial charge on any atom is 0.353 e. The van der Waals surface area contributed by atoms with Crippen LogP contribution in [0.1, 0.15) is 5.76 Å². The minimum atomic E-state index is -1.09. The van der Waals surface area contributed by atoms with Gasteiger partial charge >= 0.3 is 5.97 Å². The van der Waals surface area contributed by atoms with Crippen LogP contribution in [0.25, 0.3) is 6.08 Å². The molecule has 0 saturated carbocycles. The molecule has 7 heteroatoms. The standard InChI is InChI=1S/C11H6BrNO4S/c12-8-2-1-5(17-8)3-6-9(14)13-7(11(15)16)4-18-10(6)13/h1-4,10H,(H,15,16)/b6-3-/t10-/m0/s1. The average molecular weight is 328 g/mol. The van der Waals surface area contributed by atoms with Gasteiger partial charge in [0.2, 0.25) is 0 Å². The second-order valence-corrected chi connectivity index (χ2v) is 5.45. The van der Waals surface area contributed by atoms with Gasteiger partial charge in [0.05, 0.1) is 5.57 Å². The van der Waals surface area contributed by atoms with Crippen LogP contribution < -0.4 is 0 Å². The molecule has 1 aromatic heterocycles. The molecule has 0 radical (unpaired) electrons. The van der Waals surface area contributed by atoms with Crippen LogP contribution in [0.4, 0.5) is 0 Å². The topological polar surface area (TPSA) is 70.7 Å². The van der Waals surface area contributed by atoms with E-state index < -0.39 is 5.97 Å². The number of fused-ring (bicyclic) bond motifs is 1. The van der Waals surface area contributed by atoms with Crippen molar-refractivity contribution in [1.82, 2.24) is 4.90 Å². The summed E-state index contributed by atoms with van der Waals surface area (Å²) in [6, 6.07) is 3.47. The second kappa shape index (κ2) is 4.03. The number of thioether (sulfide) groups is 1. The van der Waals surface area contributed by atoms with Crippen molar-refractivity contribution in [3.63, 3.8) is 0 Å². The molecule has 1 amide bonds. The number of furan rings is 1. The fourth-order valence-electron chi connectivity index (χ4n) is 1.83. The van der Waals surface area contributed by atoms with Crippen molar-refractivity contribution in [2.75, 3.05) is 0 Å². The zero-order chi connectivity index (χ0) is 12.9. The third-order valence-corrected chi connectivity index (χ3v) is 4.15. The number of β-lactam (4-membered cyclic amide) rings is 1. The predicted octanol–water partition coefficient (Wildman–Crippen LogP) is 2.27. The highest BCUT2D eigenvalue weighted by Crippen LogP contribution is 2.45. The summed E-state index contributed by atoms with van der Waals surface area (Å²) in [7, 11) is 0. The van der Waals surface area contributed by atoms with Crippen LogP contribution in [-0.4, -0.2) is 27.3 Å². The molecule has 1 N–H and O–H groups in total. The molecule has 1 atom stereocenters. The Labute approximate surface area is 114 Å². The summed E-state index contributed by atoms with van der Waals surface area (Å²) < 4.78 is 5.87. The smallest absolute Gasteiger partial charge is 0.353 e. The van der Waals surface area contributed by atoms with Gasteiger partial charge in [-0.3, -0.25) is 9.69 Å². The zero-order valence-electron chi connectivity index (χ0n) is 8.79. The van der Waals surface area contributed by atoms with Crippen molar-refractivity contribution in [2.24, 2.45) is 0 Å². The summed E-state index contributed by atoms with van der Waals surface area (Å²) in [6.07, 6.45) is 1.64. The normalized spacial score (nSPS) is 23.9. The van der Waals surface area contributed by atoms with Crippen LogP contribution in [0.15, 0.2) is 37.9 Å². The highest BCUT2D eigenvalue weighted by molar-refractivity contribution is 9.10. The third-order valence-electron chi connectivity index (χ3n) is 2.65. The van der Waals surface area contributed by atoms with Crippen LogP contribution >= 0.6 is 27.7 Å². The molecule has 0 aliphatic carbocycles. The number of carboxylic acids is 1. The fraction of sp³-hybridized carbons (Fsp3) is 0.0909. The first kappa shape index (κ1) is 11.6. The van der Waals surface area contributed by atoms with E-state index >= 15 is 0 Å². The summed E-state index contributed by atoms with van der Waals surface area (Å²) in [5.74, 6) is -0.807. The Bertz CT molecular complexity index is 618. The number of carbonyl (C=O) groups excluding carboxylic acids is 1. The van der Waals surface area contributed by atoms with Gasteiger partial charge in [0.25, 0.3) is 5.91 Å². The van der Waals surface area contributed by atoms with Crippen LogP contribution in [0, 0.1) is 0 Å². The molecule has 92 valence electrons. The average Bonchev–Trinajstić information content (AvgIpc) is 2.89. The number of rotatable bonds is 2. The van der Waals surface area contributed by atoms with Crippen LogP contribution in [0.5, 0.6) is 0 Å².